The van der Waals surface area contributed by atoms with E-state index in [1.54, 1.807) is 18.3 Å². The molecule has 3 aliphatic carbocycles. The Morgan fingerprint density at radius 2 is 1.95 bits per heavy atom. The lowest BCUT2D eigenvalue weighted by Gasteiger charge is -2.61. The molecular formula is C25H22F3N7O3. The maximum atomic E-state index is 15.1. The third-order valence-electron chi connectivity index (χ3n) is 7.45. The van der Waals surface area contributed by atoms with Crippen molar-refractivity contribution in [1.82, 2.24) is 30.1 Å². The first kappa shape index (κ1) is 23.0. The molecule has 13 heteroatoms. The SMILES string of the molecule is O=C(NC12CC(C1)C2)O[C@@H]1CO[C@H](c2cc(Nc3nccn4nc(-c5cc(F)cc(F)c5)cc34)n[nH]2)[C@H]1F. The van der Waals surface area contributed by atoms with E-state index in [4.69, 9.17) is 9.47 Å². The summed E-state index contributed by atoms with van der Waals surface area (Å²) in [6.07, 6.45) is 1.77. The van der Waals surface area contributed by atoms with Gasteiger partial charge >= 0.3 is 6.09 Å². The zero-order valence-electron chi connectivity index (χ0n) is 19.8. The molecule has 1 saturated heterocycles. The molecule has 2 bridgehead atoms. The highest BCUT2D eigenvalue weighted by Gasteiger charge is 2.58. The second-order valence-electron chi connectivity index (χ2n) is 10.2. The van der Waals surface area contributed by atoms with Gasteiger partial charge in [0.2, 0.25) is 0 Å². The summed E-state index contributed by atoms with van der Waals surface area (Å²) in [6.45, 7) is -0.0726. The highest BCUT2D eigenvalue weighted by molar-refractivity contribution is 5.77. The third kappa shape index (κ3) is 3.93. The lowest BCUT2D eigenvalue weighted by Crippen LogP contribution is -2.68. The monoisotopic (exact) mass is 525 g/mol. The minimum absolute atomic E-state index is 0.0726. The molecule has 1 amide bonds. The Hall–Kier alpha value is -4.13. The number of anilines is 2. The Labute approximate surface area is 213 Å². The smallest absolute Gasteiger partial charge is 0.408 e. The number of hydrogen-bond acceptors (Lipinski definition) is 7. The van der Waals surface area contributed by atoms with E-state index in [0.717, 1.165) is 25.3 Å². The first-order valence-electron chi connectivity index (χ1n) is 12.2. The molecular weight excluding hydrogens is 503 g/mol. The number of nitrogens with zero attached hydrogens (tertiary/aromatic N) is 4. The molecule has 0 radical (unpaired) electrons. The first-order chi connectivity index (χ1) is 18.3. The number of halogens is 3. The van der Waals surface area contributed by atoms with Crippen molar-refractivity contribution in [2.45, 2.75) is 43.2 Å². The van der Waals surface area contributed by atoms with Crippen molar-refractivity contribution in [2.24, 2.45) is 5.92 Å². The van der Waals surface area contributed by atoms with E-state index in [1.165, 1.54) is 22.8 Å². The molecule has 3 N–H and O–H groups in total. The van der Waals surface area contributed by atoms with Gasteiger partial charge in [-0.05, 0) is 43.4 Å². The summed E-state index contributed by atoms with van der Waals surface area (Å²) in [5, 5.41) is 17.2. The molecule has 4 aromatic rings. The van der Waals surface area contributed by atoms with Crippen molar-refractivity contribution in [2.75, 3.05) is 11.9 Å². The fourth-order valence-corrected chi connectivity index (χ4v) is 5.48. The standard InChI is InChI=1S/C25H22F3N7O3/c26-14-3-13(4-15(27)5-14)16-6-18-23(29-1-2-35(18)34-16)30-20-7-17(32-33-20)22-21(28)19(11-37-22)38-24(36)31-25-8-12(9-25)10-25/h1-7,12,19,21-22H,8-11H2,(H,31,36)(H2,29,30,32,33)/t12?,19-,21+,22-,25?/m1/s1. The van der Waals surface area contributed by atoms with Crippen LogP contribution in [0.1, 0.15) is 31.1 Å². The Kier molecular flexibility index (Phi) is 5.12. The van der Waals surface area contributed by atoms with Gasteiger partial charge in [0, 0.05) is 35.6 Å². The number of aromatic nitrogens is 5. The lowest BCUT2D eigenvalue weighted by atomic mass is 9.50. The number of H-pyrrole nitrogens is 1. The fraction of sp³-hybridized carbons (Fsp3) is 0.360. The maximum Gasteiger partial charge on any atom is 0.408 e. The minimum atomic E-state index is -1.58. The van der Waals surface area contributed by atoms with Gasteiger partial charge in [0.05, 0.1) is 18.0 Å². The topological polar surface area (TPSA) is 118 Å². The summed E-state index contributed by atoms with van der Waals surface area (Å²) >= 11 is 0. The number of rotatable bonds is 6. The highest BCUT2D eigenvalue weighted by atomic mass is 19.1. The fourth-order valence-electron chi connectivity index (χ4n) is 5.48. The van der Waals surface area contributed by atoms with Gasteiger partial charge in [-0.25, -0.2) is 27.5 Å². The van der Waals surface area contributed by atoms with Crippen molar-refractivity contribution in [3.05, 3.63) is 60.1 Å². The van der Waals surface area contributed by atoms with Crippen LogP contribution in [0.25, 0.3) is 16.8 Å². The van der Waals surface area contributed by atoms with Gasteiger partial charge in [-0.15, -0.1) is 0 Å². The van der Waals surface area contributed by atoms with Crippen molar-refractivity contribution in [3.63, 3.8) is 0 Å². The van der Waals surface area contributed by atoms with Gasteiger partial charge < -0.3 is 20.1 Å². The van der Waals surface area contributed by atoms with E-state index >= 15 is 4.39 Å². The van der Waals surface area contributed by atoms with Crippen LogP contribution in [0.15, 0.2) is 42.7 Å². The molecule has 0 spiro atoms. The predicted molar refractivity (Wildman–Crippen MR) is 127 cm³/mol. The second-order valence-corrected chi connectivity index (χ2v) is 10.2. The van der Waals surface area contributed by atoms with Gasteiger partial charge in [-0.3, -0.25) is 5.10 Å². The maximum absolute atomic E-state index is 15.1. The highest BCUT2D eigenvalue weighted by Crippen LogP contribution is 2.57. The largest absolute Gasteiger partial charge is 0.441 e. The molecule has 10 nitrogen and oxygen atoms in total. The molecule has 196 valence electrons. The lowest BCUT2D eigenvalue weighted by molar-refractivity contribution is -0.0528. The normalized spacial score (nSPS) is 27.6. The van der Waals surface area contributed by atoms with Crippen LogP contribution in [-0.4, -0.2) is 55.3 Å². The number of nitrogens with one attached hydrogen (secondary N) is 3. The molecule has 3 saturated carbocycles. The number of alkyl carbamates (subject to hydrolysis) is 1. The van der Waals surface area contributed by atoms with E-state index in [-0.39, 0.29) is 17.7 Å². The molecule has 3 aromatic heterocycles. The minimum Gasteiger partial charge on any atom is -0.441 e. The molecule has 3 atom stereocenters. The predicted octanol–water partition coefficient (Wildman–Crippen LogP) is 4.20. The number of carbonyl (C=O) groups is 1. The average Bonchev–Trinajstić information content (AvgIpc) is 3.55. The second kappa shape index (κ2) is 8.45. The van der Waals surface area contributed by atoms with Gasteiger partial charge in [-0.1, -0.05) is 0 Å². The van der Waals surface area contributed by atoms with Crippen molar-refractivity contribution in [3.8, 4) is 11.3 Å². The van der Waals surface area contributed by atoms with Crippen LogP contribution in [0.4, 0.5) is 29.6 Å². The van der Waals surface area contributed by atoms with Crippen molar-refractivity contribution < 1.29 is 27.4 Å². The number of hydrogen-bond donors (Lipinski definition) is 3. The van der Waals surface area contributed by atoms with E-state index in [9.17, 15) is 13.6 Å². The van der Waals surface area contributed by atoms with Crippen LogP contribution < -0.4 is 10.6 Å². The van der Waals surface area contributed by atoms with Gasteiger partial charge in [0.15, 0.2) is 23.9 Å². The summed E-state index contributed by atoms with van der Waals surface area (Å²) in [4.78, 5) is 16.5. The van der Waals surface area contributed by atoms with Gasteiger partial charge in [0.1, 0.15) is 23.3 Å². The molecule has 4 aliphatic rings. The average molecular weight is 525 g/mol. The zero-order valence-corrected chi connectivity index (χ0v) is 19.8. The Balaban J connectivity index is 1.05. The van der Waals surface area contributed by atoms with Crippen LogP contribution >= 0.6 is 0 Å². The number of carbonyl (C=O) groups excluding carboxylic acids is 1. The summed E-state index contributed by atoms with van der Waals surface area (Å²) in [7, 11) is 0. The Bertz CT molecular complexity index is 1520. The van der Waals surface area contributed by atoms with E-state index < -0.39 is 36.1 Å². The van der Waals surface area contributed by atoms with E-state index in [2.05, 4.69) is 30.9 Å². The number of fused-ring (bicyclic) bond motifs is 1. The first-order valence-corrected chi connectivity index (χ1v) is 12.2. The Morgan fingerprint density at radius 3 is 2.68 bits per heavy atom. The summed E-state index contributed by atoms with van der Waals surface area (Å²) in [5.74, 6) is -0.0113. The van der Waals surface area contributed by atoms with E-state index in [1.807, 2.05) is 0 Å². The third-order valence-corrected chi connectivity index (χ3v) is 7.45. The summed E-state index contributed by atoms with van der Waals surface area (Å²) < 4.78 is 54.9. The number of amides is 1. The van der Waals surface area contributed by atoms with Crippen LogP contribution in [0, 0.1) is 17.6 Å². The number of ether oxygens (including phenoxy) is 2. The van der Waals surface area contributed by atoms with Crippen molar-refractivity contribution >= 4 is 23.2 Å². The van der Waals surface area contributed by atoms with Gasteiger partial charge in [0.25, 0.3) is 0 Å². The quantitative estimate of drug-likeness (QED) is 0.345. The number of aromatic amines is 1. The van der Waals surface area contributed by atoms with Crippen LogP contribution in [0.3, 0.4) is 0 Å². The van der Waals surface area contributed by atoms with E-state index in [0.29, 0.717) is 34.5 Å². The van der Waals surface area contributed by atoms with Gasteiger partial charge in [-0.2, -0.15) is 10.2 Å². The van der Waals surface area contributed by atoms with Crippen LogP contribution in [0.2, 0.25) is 0 Å². The van der Waals surface area contributed by atoms with Crippen LogP contribution in [-0.2, 0) is 9.47 Å². The molecule has 0 unspecified atom stereocenters. The van der Waals surface area contributed by atoms with Crippen LogP contribution in [0.5, 0.6) is 0 Å². The number of benzene rings is 1. The molecule has 8 rings (SSSR count). The Morgan fingerprint density at radius 1 is 1.16 bits per heavy atom. The molecule has 1 aliphatic heterocycles. The number of alkyl halides is 1. The molecule has 1 aromatic carbocycles. The molecule has 4 heterocycles. The molecule has 38 heavy (non-hydrogen) atoms. The molecule has 4 fully saturated rings. The summed E-state index contributed by atoms with van der Waals surface area (Å²) in [5.41, 5.74) is 1.37. The van der Waals surface area contributed by atoms with Crippen molar-refractivity contribution in [1.29, 1.82) is 0 Å². The zero-order chi connectivity index (χ0) is 26.0. The summed E-state index contributed by atoms with van der Waals surface area (Å²) in [6, 6.07) is 6.38.